The largest absolute Gasteiger partial charge is 0.346 e. The van der Waals surface area contributed by atoms with Crippen molar-refractivity contribution in [1.29, 1.82) is 0 Å². The van der Waals surface area contributed by atoms with E-state index in [2.05, 4.69) is 28.4 Å². The van der Waals surface area contributed by atoms with Crippen molar-refractivity contribution in [1.82, 2.24) is 29.0 Å². The Morgan fingerprint density at radius 3 is 2.66 bits per heavy atom. The molecule has 2 aromatic heterocycles. The highest BCUT2D eigenvalue weighted by Crippen LogP contribution is 2.27. The van der Waals surface area contributed by atoms with E-state index < -0.39 is 5.92 Å². The normalized spacial score (nSPS) is 15.6. The van der Waals surface area contributed by atoms with Gasteiger partial charge in [0.1, 0.15) is 5.82 Å². The van der Waals surface area contributed by atoms with Crippen LogP contribution in [-0.2, 0) is 31.5 Å². The van der Waals surface area contributed by atoms with Crippen molar-refractivity contribution in [3.8, 4) is 0 Å². The molecule has 8 heteroatoms. The van der Waals surface area contributed by atoms with Crippen LogP contribution in [0.4, 0.5) is 0 Å². The third-order valence-corrected chi connectivity index (χ3v) is 6.43. The van der Waals surface area contributed by atoms with Crippen LogP contribution in [0.25, 0.3) is 0 Å². The molecule has 0 N–H and O–H groups in total. The van der Waals surface area contributed by atoms with E-state index >= 15 is 0 Å². The minimum atomic E-state index is -0.395. The predicted molar refractivity (Wildman–Crippen MR) is 123 cm³/mol. The number of nitrogens with zero attached hydrogens (tertiary/aromatic N) is 6. The number of likely N-dealkylation sites (N-methyl/N-ethyl adjacent to an activating group) is 1. The molecule has 1 atom stereocenters. The first kappa shape index (κ1) is 22.0. The standard InChI is InChI=1S/C24H32N6O2/c1-6-28(14-20-13-27(5)25-18(20)4)23(31)21-8-7-11-29-22(21)26-30(24(29)32)15-19-12-16(2)9-10-17(19)3/h9-10,12-13,21H,6-8,11,14-15H2,1-5H3. The summed E-state index contributed by atoms with van der Waals surface area (Å²) in [6.07, 6.45) is 3.46. The van der Waals surface area contributed by atoms with E-state index in [9.17, 15) is 9.59 Å². The predicted octanol–water partition coefficient (Wildman–Crippen LogP) is 2.68. The third-order valence-electron chi connectivity index (χ3n) is 6.43. The summed E-state index contributed by atoms with van der Waals surface area (Å²) < 4.78 is 4.99. The van der Waals surface area contributed by atoms with Gasteiger partial charge in [-0.25, -0.2) is 9.48 Å². The van der Waals surface area contributed by atoms with Crippen LogP contribution in [0.5, 0.6) is 0 Å². The molecule has 1 aliphatic heterocycles. The number of aryl methyl sites for hydroxylation is 4. The van der Waals surface area contributed by atoms with Gasteiger partial charge >= 0.3 is 5.69 Å². The van der Waals surface area contributed by atoms with Crippen molar-refractivity contribution in [2.75, 3.05) is 6.54 Å². The van der Waals surface area contributed by atoms with Crippen LogP contribution in [-0.4, -0.2) is 41.5 Å². The minimum absolute atomic E-state index is 0.0283. The Labute approximate surface area is 188 Å². The van der Waals surface area contributed by atoms with Gasteiger partial charge in [0, 0.05) is 38.4 Å². The van der Waals surface area contributed by atoms with Crippen LogP contribution < -0.4 is 5.69 Å². The van der Waals surface area contributed by atoms with Gasteiger partial charge in [0.05, 0.1) is 18.2 Å². The molecule has 32 heavy (non-hydrogen) atoms. The summed E-state index contributed by atoms with van der Waals surface area (Å²) in [6.45, 7) is 10.2. The van der Waals surface area contributed by atoms with E-state index in [0.29, 0.717) is 38.4 Å². The molecule has 0 aliphatic carbocycles. The maximum absolute atomic E-state index is 13.5. The number of carbonyl (C=O) groups is 1. The fraction of sp³-hybridized carbons (Fsp3) is 0.500. The Hall–Kier alpha value is -3.16. The Kier molecular flexibility index (Phi) is 6.04. The molecular formula is C24H32N6O2. The van der Waals surface area contributed by atoms with E-state index in [0.717, 1.165) is 34.4 Å². The summed E-state index contributed by atoms with van der Waals surface area (Å²) in [7, 11) is 1.89. The van der Waals surface area contributed by atoms with Gasteiger partial charge in [0.25, 0.3) is 0 Å². The fourth-order valence-electron chi connectivity index (χ4n) is 4.55. The molecule has 1 amide bonds. The van der Waals surface area contributed by atoms with E-state index in [1.807, 2.05) is 45.8 Å². The number of rotatable bonds is 6. The van der Waals surface area contributed by atoms with Gasteiger partial charge in [-0.1, -0.05) is 23.8 Å². The molecule has 0 saturated heterocycles. The smallest absolute Gasteiger partial charge is 0.338 e. The van der Waals surface area contributed by atoms with Gasteiger partial charge < -0.3 is 4.90 Å². The number of fused-ring (bicyclic) bond motifs is 1. The molecule has 0 radical (unpaired) electrons. The molecule has 1 unspecified atom stereocenters. The summed E-state index contributed by atoms with van der Waals surface area (Å²) in [4.78, 5) is 28.5. The lowest BCUT2D eigenvalue weighted by Gasteiger charge is -2.28. The minimum Gasteiger partial charge on any atom is -0.338 e. The lowest BCUT2D eigenvalue weighted by atomic mass is 9.97. The van der Waals surface area contributed by atoms with Crippen LogP contribution in [0.2, 0.25) is 0 Å². The summed E-state index contributed by atoms with van der Waals surface area (Å²) in [6, 6.07) is 6.23. The lowest BCUT2D eigenvalue weighted by molar-refractivity contribution is -0.134. The molecular weight excluding hydrogens is 404 g/mol. The number of carbonyl (C=O) groups excluding carboxylic acids is 1. The maximum Gasteiger partial charge on any atom is 0.346 e. The average molecular weight is 437 g/mol. The second-order valence-corrected chi connectivity index (χ2v) is 8.84. The van der Waals surface area contributed by atoms with Crippen LogP contribution in [0.15, 0.2) is 29.2 Å². The highest BCUT2D eigenvalue weighted by molar-refractivity contribution is 5.83. The van der Waals surface area contributed by atoms with E-state index in [-0.39, 0.29) is 11.6 Å². The van der Waals surface area contributed by atoms with Crippen LogP contribution >= 0.6 is 0 Å². The summed E-state index contributed by atoms with van der Waals surface area (Å²) in [5, 5.41) is 9.06. The zero-order chi connectivity index (χ0) is 23.0. The van der Waals surface area contributed by atoms with Crippen molar-refractivity contribution in [2.45, 2.75) is 66.1 Å². The molecule has 0 spiro atoms. The number of hydrogen-bond acceptors (Lipinski definition) is 4. The van der Waals surface area contributed by atoms with Crippen LogP contribution in [0.1, 0.15) is 59.5 Å². The van der Waals surface area contributed by atoms with Gasteiger partial charge in [-0.15, -0.1) is 0 Å². The molecule has 4 rings (SSSR count). The van der Waals surface area contributed by atoms with Gasteiger partial charge in [0.15, 0.2) is 0 Å². The quantitative estimate of drug-likeness (QED) is 0.595. The molecule has 1 aliphatic rings. The van der Waals surface area contributed by atoms with Crippen molar-refractivity contribution >= 4 is 5.91 Å². The number of benzene rings is 1. The summed E-state index contributed by atoms with van der Waals surface area (Å²) in [5.41, 5.74) is 5.19. The topological polar surface area (TPSA) is 78.0 Å². The summed E-state index contributed by atoms with van der Waals surface area (Å²) >= 11 is 0. The van der Waals surface area contributed by atoms with Gasteiger partial charge in [-0.05, 0) is 51.7 Å². The van der Waals surface area contributed by atoms with Crippen molar-refractivity contribution < 1.29 is 4.79 Å². The Morgan fingerprint density at radius 2 is 1.97 bits per heavy atom. The van der Waals surface area contributed by atoms with E-state index in [1.165, 1.54) is 4.68 Å². The first-order valence-electron chi connectivity index (χ1n) is 11.3. The Bertz CT molecular complexity index is 1200. The molecule has 0 saturated carbocycles. The fourth-order valence-corrected chi connectivity index (χ4v) is 4.55. The zero-order valence-corrected chi connectivity index (χ0v) is 19.6. The third kappa shape index (κ3) is 4.13. The molecule has 0 bridgehead atoms. The number of aromatic nitrogens is 5. The van der Waals surface area contributed by atoms with Crippen LogP contribution in [0, 0.1) is 20.8 Å². The lowest BCUT2D eigenvalue weighted by Crippen LogP contribution is -2.38. The molecule has 1 aromatic carbocycles. The monoisotopic (exact) mass is 436 g/mol. The average Bonchev–Trinajstić information content (AvgIpc) is 3.26. The second kappa shape index (κ2) is 8.76. The molecule has 8 nitrogen and oxygen atoms in total. The first-order chi connectivity index (χ1) is 15.3. The number of hydrogen-bond donors (Lipinski definition) is 0. The van der Waals surface area contributed by atoms with Crippen molar-refractivity contribution in [3.63, 3.8) is 0 Å². The number of amides is 1. The molecule has 3 aromatic rings. The van der Waals surface area contributed by atoms with E-state index in [1.54, 1.807) is 9.25 Å². The first-order valence-corrected chi connectivity index (χ1v) is 11.3. The van der Waals surface area contributed by atoms with E-state index in [4.69, 9.17) is 0 Å². The summed E-state index contributed by atoms with van der Waals surface area (Å²) in [5.74, 6) is 0.228. The second-order valence-electron chi connectivity index (χ2n) is 8.84. The van der Waals surface area contributed by atoms with Gasteiger partial charge in [0.2, 0.25) is 5.91 Å². The SMILES string of the molecule is CCN(Cc1cn(C)nc1C)C(=O)C1CCCn2c1nn(Cc1cc(C)ccc1C)c2=O. The van der Waals surface area contributed by atoms with Gasteiger partial charge in [-0.2, -0.15) is 10.2 Å². The van der Waals surface area contributed by atoms with Gasteiger partial charge in [-0.3, -0.25) is 14.0 Å². The Morgan fingerprint density at radius 1 is 1.19 bits per heavy atom. The highest BCUT2D eigenvalue weighted by Gasteiger charge is 2.34. The van der Waals surface area contributed by atoms with Crippen LogP contribution in [0.3, 0.4) is 0 Å². The van der Waals surface area contributed by atoms with Crippen molar-refractivity contribution in [2.24, 2.45) is 7.05 Å². The highest BCUT2D eigenvalue weighted by atomic mass is 16.2. The molecule has 0 fully saturated rings. The maximum atomic E-state index is 13.5. The molecule has 3 heterocycles. The molecule has 170 valence electrons. The Balaban J connectivity index is 1.62. The van der Waals surface area contributed by atoms with Crippen molar-refractivity contribution in [3.05, 3.63) is 68.7 Å². The zero-order valence-electron chi connectivity index (χ0n) is 19.6.